The molecule has 4 nitrogen and oxygen atoms in total. The SMILES string of the molecule is Cc1nc(-c2cc(C(=O)O)c3cc(Cl)cc(Cl)c3n2)cs1. The zero-order valence-electron chi connectivity index (χ0n) is 10.7. The lowest BCUT2D eigenvalue weighted by molar-refractivity contribution is 0.0699. The van der Waals surface area contributed by atoms with Gasteiger partial charge in [-0.15, -0.1) is 11.3 Å². The quantitative estimate of drug-likeness (QED) is 0.737. The Kier molecular flexibility index (Phi) is 3.57. The van der Waals surface area contributed by atoms with Crippen LogP contribution in [0.2, 0.25) is 10.0 Å². The Bertz CT molecular complexity index is 877. The van der Waals surface area contributed by atoms with Crippen molar-refractivity contribution in [3.8, 4) is 11.4 Å². The van der Waals surface area contributed by atoms with Crippen LogP contribution in [0.25, 0.3) is 22.3 Å². The Morgan fingerprint density at radius 1 is 1.19 bits per heavy atom. The highest BCUT2D eigenvalue weighted by Crippen LogP contribution is 2.32. The van der Waals surface area contributed by atoms with Crippen molar-refractivity contribution >= 4 is 51.4 Å². The average Bonchev–Trinajstić information content (AvgIpc) is 2.84. The summed E-state index contributed by atoms with van der Waals surface area (Å²) in [5, 5.41) is 13.2. The summed E-state index contributed by atoms with van der Waals surface area (Å²) in [5.41, 5.74) is 1.62. The number of fused-ring (bicyclic) bond motifs is 1. The first-order valence-corrected chi connectivity index (χ1v) is 7.55. The molecule has 3 aromatic rings. The molecule has 0 fully saturated rings. The normalized spacial score (nSPS) is 11.0. The maximum atomic E-state index is 11.5. The first-order valence-electron chi connectivity index (χ1n) is 5.91. The van der Waals surface area contributed by atoms with Crippen LogP contribution in [0, 0.1) is 6.92 Å². The Morgan fingerprint density at radius 2 is 1.95 bits per heavy atom. The van der Waals surface area contributed by atoms with Crippen LogP contribution in [0.15, 0.2) is 23.6 Å². The second-order valence-corrected chi connectivity index (χ2v) is 6.30. The van der Waals surface area contributed by atoms with E-state index in [0.717, 1.165) is 5.01 Å². The smallest absolute Gasteiger partial charge is 0.336 e. The summed E-state index contributed by atoms with van der Waals surface area (Å²) in [6.45, 7) is 1.88. The fraction of sp³-hybridized carbons (Fsp3) is 0.0714. The van der Waals surface area contributed by atoms with Gasteiger partial charge < -0.3 is 5.11 Å². The number of rotatable bonds is 2. The van der Waals surface area contributed by atoms with Crippen LogP contribution in [0.1, 0.15) is 15.4 Å². The number of pyridine rings is 1. The van der Waals surface area contributed by atoms with Crippen molar-refractivity contribution < 1.29 is 9.90 Å². The van der Waals surface area contributed by atoms with Gasteiger partial charge in [0.05, 0.1) is 32.5 Å². The zero-order chi connectivity index (χ0) is 15.1. The molecule has 0 radical (unpaired) electrons. The van der Waals surface area contributed by atoms with Crippen LogP contribution >= 0.6 is 34.5 Å². The number of benzene rings is 1. The number of carboxylic acid groups (broad SMARTS) is 1. The third-order valence-corrected chi connectivity index (χ3v) is 4.22. The Labute approximate surface area is 134 Å². The molecule has 3 rings (SSSR count). The molecule has 0 aliphatic carbocycles. The third-order valence-electron chi connectivity index (χ3n) is 2.94. The topological polar surface area (TPSA) is 63.1 Å². The van der Waals surface area contributed by atoms with Crippen LogP contribution in [-0.2, 0) is 0 Å². The molecule has 0 saturated carbocycles. The van der Waals surface area contributed by atoms with Gasteiger partial charge in [-0.2, -0.15) is 0 Å². The Morgan fingerprint density at radius 3 is 2.57 bits per heavy atom. The van der Waals surface area contributed by atoms with E-state index in [4.69, 9.17) is 23.2 Å². The van der Waals surface area contributed by atoms with Crippen LogP contribution in [0.5, 0.6) is 0 Å². The molecule has 7 heteroatoms. The summed E-state index contributed by atoms with van der Waals surface area (Å²) >= 11 is 13.6. The summed E-state index contributed by atoms with van der Waals surface area (Å²) in [6, 6.07) is 4.58. The maximum absolute atomic E-state index is 11.5. The van der Waals surface area contributed by atoms with Crippen molar-refractivity contribution in [1.29, 1.82) is 0 Å². The number of aromatic carboxylic acids is 1. The van der Waals surface area contributed by atoms with Crippen molar-refractivity contribution in [2.24, 2.45) is 0 Å². The molecule has 0 atom stereocenters. The molecule has 21 heavy (non-hydrogen) atoms. The lowest BCUT2D eigenvalue weighted by Gasteiger charge is -2.07. The van der Waals surface area contributed by atoms with Crippen molar-refractivity contribution in [3.05, 3.63) is 44.2 Å². The van der Waals surface area contributed by atoms with E-state index < -0.39 is 5.97 Å². The predicted octanol–water partition coefficient (Wildman–Crippen LogP) is 4.67. The van der Waals surface area contributed by atoms with Gasteiger partial charge in [-0.25, -0.2) is 14.8 Å². The number of carbonyl (C=O) groups is 1. The summed E-state index contributed by atoms with van der Waals surface area (Å²) < 4.78 is 0. The molecule has 1 N–H and O–H groups in total. The van der Waals surface area contributed by atoms with Gasteiger partial charge >= 0.3 is 5.97 Å². The Hall–Kier alpha value is -1.69. The number of aryl methyl sites for hydroxylation is 1. The van der Waals surface area contributed by atoms with Crippen LogP contribution in [0.4, 0.5) is 0 Å². The maximum Gasteiger partial charge on any atom is 0.336 e. The van der Waals surface area contributed by atoms with Crippen molar-refractivity contribution in [2.45, 2.75) is 6.92 Å². The molecule has 0 bridgehead atoms. The largest absolute Gasteiger partial charge is 0.478 e. The fourth-order valence-corrected chi connectivity index (χ4v) is 3.18. The molecule has 0 spiro atoms. The van der Waals surface area contributed by atoms with Gasteiger partial charge in [0, 0.05) is 15.8 Å². The lowest BCUT2D eigenvalue weighted by Crippen LogP contribution is -2.01. The number of hydrogen-bond acceptors (Lipinski definition) is 4. The molecular formula is C14H8Cl2N2O2S. The first-order chi connectivity index (χ1) is 9.95. The molecule has 0 aliphatic rings. The van der Waals surface area contributed by atoms with E-state index in [-0.39, 0.29) is 5.56 Å². The number of aromatic nitrogens is 2. The van der Waals surface area contributed by atoms with Crippen LogP contribution in [-0.4, -0.2) is 21.0 Å². The second kappa shape index (κ2) is 5.26. The van der Waals surface area contributed by atoms with Gasteiger partial charge in [0.1, 0.15) is 0 Å². The Balaban J connectivity index is 2.37. The first kappa shape index (κ1) is 14.3. The summed E-state index contributed by atoms with van der Waals surface area (Å²) in [7, 11) is 0. The van der Waals surface area contributed by atoms with E-state index in [0.29, 0.717) is 32.3 Å². The van der Waals surface area contributed by atoms with Gasteiger partial charge in [-0.05, 0) is 25.1 Å². The average molecular weight is 339 g/mol. The minimum absolute atomic E-state index is 0.102. The summed E-state index contributed by atoms with van der Waals surface area (Å²) in [6.07, 6.45) is 0. The van der Waals surface area contributed by atoms with Gasteiger partial charge in [0.25, 0.3) is 0 Å². The van der Waals surface area contributed by atoms with E-state index in [1.165, 1.54) is 17.4 Å². The van der Waals surface area contributed by atoms with Gasteiger partial charge in [-0.3, -0.25) is 0 Å². The van der Waals surface area contributed by atoms with E-state index in [2.05, 4.69) is 9.97 Å². The van der Waals surface area contributed by atoms with Crippen LogP contribution < -0.4 is 0 Å². The number of nitrogens with zero attached hydrogens (tertiary/aromatic N) is 2. The molecular weight excluding hydrogens is 331 g/mol. The highest BCUT2D eigenvalue weighted by atomic mass is 35.5. The predicted molar refractivity (Wildman–Crippen MR) is 84.6 cm³/mol. The van der Waals surface area contributed by atoms with E-state index in [1.54, 1.807) is 12.1 Å². The molecule has 2 aromatic heterocycles. The number of thiazole rings is 1. The monoisotopic (exact) mass is 338 g/mol. The van der Waals surface area contributed by atoms with Gasteiger partial charge in [0.15, 0.2) is 0 Å². The second-order valence-electron chi connectivity index (χ2n) is 4.40. The van der Waals surface area contributed by atoms with Crippen LogP contribution in [0.3, 0.4) is 0 Å². The van der Waals surface area contributed by atoms with Crippen molar-refractivity contribution in [1.82, 2.24) is 9.97 Å². The summed E-state index contributed by atoms with van der Waals surface area (Å²) in [5.74, 6) is -1.06. The molecule has 0 amide bonds. The molecule has 0 unspecified atom stereocenters. The highest BCUT2D eigenvalue weighted by molar-refractivity contribution is 7.09. The van der Waals surface area contributed by atoms with E-state index >= 15 is 0 Å². The van der Waals surface area contributed by atoms with Crippen molar-refractivity contribution in [2.75, 3.05) is 0 Å². The fourth-order valence-electron chi connectivity index (χ4n) is 2.04. The highest BCUT2D eigenvalue weighted by Gasteiger charge is 2.16. The van der Waals surface area contributed by atoms with E-state index in [9.17, 15) is 9.90 Å². The number of halogens is 2. The lowest BCUT2D eigenvalue weighted by atomic mass is 10.1. The molecule has 2 heterocycles. The molecule has 1 aromatic carbocycles. The summed E-state index contributed by atoms with van der Waals surface area (Å²) in [4.78, 5) is 20.3. The number of hydrogen-bond donors (Lipinski definition) is 1. The zero-order valence-corrected chi connectivity index (χ0v) is 13.1. The van der Waals surface area contributed by atoms with Gasteiger partial charge in [-0.1, -0.05) is 23.2 Å². The third kappa shape index (κ3) is 2.60. The minimum atomic E-state index is -1.06. The van der Waals surface area contributed by atoms with E-state index in [1.807, 2.05) is 12.3 Å². The molecule has 0 aliphatic heterocycles. The minimum Gasteiger partial charge on any atom is -0.478 e. The van der Waals surface area contributed by atoms with Crippen molar-refractivity contribution in [3.63, 3.8) is 0 Å². The van der Waals surface area contributed by atoms with Gasteiger partial charge in [0.2, 0.25) is 0 Å². The number of carboxylic acids is 1. The molecule has 106 valence electrons. The standard InChI is InChI=1S/C14H8Cl2N2O2S/c1-6-17-12(5-21-6)11-4-9(14(19)20)8-2-7(15)3-10(16)13(8)18-11/h2-5H,1H3,(H,19,20). The molecule has 0 saturated heterocycles.